The van der Waals surface area contributed by atoms with Crippen LogP contribution in [-0.2, 0) is 0 Å². The Labute approximate surface area is 159 Å². The molecule has 0 atom stereocenters. The topological polar surface area (TPSA) is 93.0 Å². The van der Waals surface area contributed by atoms with Crippen molar-refractivity contribution in [2.75, 3.05) is 10.6 Å². The molecule has 9 heteroatoms. The van der Waals surface area contributed by atoms with Crippen LogP contribution in [0.4, 0.5) is 28.7 Å². The lowest BCUT2D eigenvalue weighted by molar-refractivity contribution is -0.383. The summed E-state index contributed by atoms with van der Waals surface area (Å²) in [4.78, 5) is 19.0. The number of aromatic nitrogens is 2. The van der Waals surface area contributed by atoms with Gasteiger partial charge in [0.15, 0.2) is 0 Å². The van der Waals surface area contributed by atoms with Crippen LogP contribution in [0.25, 0.3) is 0 Å². The molecular weight excluding hydrogens is 377 g/mol. The number of rotatable bonds is 5. The van der Waals surface area contributed by atoms with E-state index in [9.17, 15) is 10.1 Å². The van der Waals surface area contributed by atoms with Crippen molar-refractivity contribution in [3.05, 3.63) is 74.5 Å². The third-order valence-corrected chi connectivity index (χ3v) is 4.30. The van der Waals surface area contributed by atoms with E-state index in [2.05, 4.69) is 20.6 Å². The molecule has 0 saturated heterocycles. The summed E-state index contributed by atoms with van der Waals surface area (Å²) in [6.07, 6.45) is 1.23. The number of nitrogens with one attached hydrogen (secondary N) is 2. The third kappa shape index (κ3) is 3.84. The van der Waals surface area contributed by atoms with E-state index in [0.717, 1.165) is 5.56 Å². The fourth-order valence-electron chi connectivity index (χ4n) is 2.23. The average molecular weight is 390 g/mol. The number of benzene rings is 2. The number of nitrogens with zero attached hydrogens (tertiary/aromatic N) is 3. The molecule has 0 radical (unpaired) electrons. The molecule has 7 nitrogen and oxygen atoms in total. The Morgan fingerprint density at radius 2 is 1.69 bits per heavy atom. The first kappa shape index (κ1) is 17.9. The van der Waals surface area contributed by atoms with E-state index in [1.54, 1.807) is 42.5 Å². The summed E-state index contributed by atoms with van der Waals surface area (Å²) in [6, 6.07) is 12.1. The normalized spacial score (nSPS) is 10.4. The number of hydrogen-bond donors (Lipinski definition) is 2. The molecule has 0 aliphatic rings. The van der Waals surface area contributed by atoms with Crippen LogP contribution in [0.5, 0.6) is 0 Å². The molecule has 3 aromatic rings. The first-order valence-corrected chi connectivity index (χ1v) is 8.25. The predicted molar refractivity (Wildman–Crippen MR) is 103 cm³/mol. The maximum atomic E-state index is 11.6. The summed E-state index contributed by atoms with van der Waals surface area (Å²) in [5.41, 5.74) is 1.67. The molecule has 0 fully saturated rings. The number of anilines is 4. The highest BCUT2D eigenvalue weighted by Crippen LogP contribution is 2.35. The zero-order chi connectivity index (χ0) is 18.7. The van der Waals surface area contributed by atoms with Crippen LogP contribution in [0.3, 0.4) is 0 Å². The molecule has 1 heterocycles. The van der Waals surface area contributed by atoms with Gasteiger partial charge >= 0.3 is 5.69 Å². The van der Waals surface area contributed by atoms with Crippen molar-refractivity contribution in [1.29, 1.82) is 0 Å². The summed E-state index contributed by atoms with van der Waals surface area (Å²) >= 11 is 12.2. The van der Waals surface area contributed by atoms with E-state index in [1.165, 1.54) is 6.33 Å². The number of aryl methyl sites for hydroxylation is 1. The van der Waals surface area contributed by atoms with Gasteiger partial charge in [0.2, 0.25) is 11.6 Å². The van der Waals surface area contributed by atoms with Gasteiger partial charge in [0, 0.05) is 10.7 Å². The highest BCUT2D eigenvalue weighted by atomic mass is 35.5. The van der Waals surface area contributed by atoms with E-state index in [4.69, 9.17) is 23.2 Å². The van der Waals surface area contributed by atoms with E-state index in [1.807, 2.05) is 6.92 Å². The van der Waals surface area contributed by atoms with Gasteiger partial charge in [0.25, 0.3) is 0 Å². The molecule has 0 aliphatic heterocycles. The van der Waals surface area contributed by atoms with Gasteiger partial charge in [0.05, 0.1) is 15.6 Å². The molecule has 2 aromatic carbocycles. The van der Waals surface area contributed by atoms with Gasteiger partial charge < -0.3 is 10.6 Å². The first-order chi connectivity index (χ1) is 12.5. The summed E-state index contributed by atoms with van der Waals surface area (Å²) in [5, 5.41) is 18.4. The second kappa shape index (κ2) is 7.55. The van der Waals surface area contributed by atoms with Crippen LogP contribution >= 0.6 is 23.2 Å². The van der Waals surface area contributed by atoms with E-state index < -0.39 is 4.92 Å². The Bertz CT molecular complexity index is 981. The Morgan fingerprint density at radius 1 is 1.00 bits per heavy atom. The van der Waals surface area contributed by atoms with Gasteiger partial charge in [-0.15, -0.1) is 0 Å². The monoisotopic (exact) mass is 389 g/mol. The lowest BCUT2D eigenvalue weighted by Gasteiger charge is -2.11. The average Bonchev–Trinajstić information content (AvgIpc) is 2.60. The lowest BCUT2D eigenvalue weighted by atomic mass is 10.2. The van der Waals surface area contributed by atoms with Gasteiger partial charge in [-0.1, -0.05) is 41.4 Å². The SMILES string of the molecule is Cc1ccc(Nc2ncnc(Nc3ccccc3Cl)c2[N+](=O)[O-])cc1Cl. The smallest absolute Gasteiger partial charge is 0.334 e. The van der Waals surface area contributed by atoms with Crippen molar-refractivity contribution < 1.29 is 4.92 Å². The summed E-state index contributed by atoms with van der Waals surface area (Å²) in [5.74, 6) is 0.0679. The van der Waals surface area contributed by atoms with Crippen molar-refractivity contribution in [3.8, 4) is 0 Å². The molecule has 0 saturated carbocycles. The van der Waals surface area contributed by atoms with Crippen LogP contribution < -0.4 is 10.6 Å². The zero-order valence-electron chi connectivity index (χ0n) is 13.5. The summed E-state index contributed by atoms with van der Waals surface area (Å²) in [6.45, 7) is 1.87. The van der Waals surface area contributed by atoms with Crippen LogP contribution in [0.2, 0.25) is 10.0 Å². The number of hydrogen-bond acceptors (Lipinski definition) is 6. The fourth-order valence-corrected chi connectivity index (χ4v) is 2.60. The predicted octanol–water partition coefficient (Wildman–Crippen LogP) is 5.49. The molecule has 2 N–H and O–H groups in total. The minimum absolute atomic E-state index is 0.0267. The maximum absolute atomic E-state index is 11.6. The molecule has 0 spiro atoms. The first-order valence-electron chi connectivity index (χ1n) is 7.50. The Balaban J connectivity index is 1.99. The molecule has 0 unspecified atom stereocenters. The lowest BCUT2D eigenvalue weighted by Crippen LogP contribution is -2.05. The molecule has 0 amide bonds. The molecule has 1 aromatic heterocycles. The molecule has 3 rings (SSSR count). The van der Waals surface area contributed by atoms with Crippen molar-refractivity contribution in [2.45, 2.75) is 6.92 Å². The van der Waals surface area contributed by atoms with Crippen LogP contribution in [-0.4, -0.2) is 14.9 Å². The minimum atomic E-state index is -0.558. The third-order valence-electron chi connectivity index (χ3n) is 3.57. The second-order valence-electron chi connectivity index (χ2n) is 5.37. The highest BCUT2D eigenvalue weighted by Gasteiger charge is 2.24. The van der Waals surface area contributed by atoms with Gasteiger partial charge in [-0.05, 0) is 36.8 Å². The van der Waals surface area contributed by atoms with Crippen LogP contribution in [0, 0.1) is 17.0 Å². The van der Waals surface area contributed by atoms with Crippen molar-refractivity contribution in [2.24, 2.45) is 0 Å². The number of nitro groups is 1. The molecule has 0 aliphatic carbocycles. The van der Waals surface area contributed by atoms with Gasteiger partial charge in [-0.3, -0.25) is 10.1 Å². The van der Waals surface area contributed by atoms with Gasteiger partial charge in [-0.25, -0.2) is 9.97 Å². The second-order valence-corrected chi connectivity index (χ2v) is 6.18. The van der Waals surface area contributed by atoms with E-state index >= 15 is 0 Å². The standard InChI is InChI=1S/C17H13Cl2N5O2/c1-10-6-7-11(8-13(10)19)22-16-15(24(25)26)17(21-9-20-16)23-14-5-3-2-4-12(14)18/h2-9H,1H3,(H2,20,21,22,23). The van der Waals surface area contributed by atoms with E-state index in [-0.39, 0.29) is 17.3 Å². The van der Waals surface area contributed by atoms with Gasteiger partial charge in [0.1, 0.15) is 6.33 Å². The van der Waals surface area contributed by atoms with E-state index in [0.29, 0.717) is 21.4 Å². The number of para-hydroxylation sites is 1. The molecular formula is C17H13Cl2N5O2. The molecule has 132 valence electrons. The number of halogens is 2. The molecule has 26 heavy (non-hydrogen) atoms. The Morgan fingerprint density at radius 3 is 2.35 bits per heavy atom. The minimum Gasteiger partial charge on any atom is -0.334 e. The molecule has 0 bridgehead atoms. The zero-order valence-corrected chi connectivity index (χ0v) is 15.0. The van der Waals surface area contributed by atoms with Gasteiger partial charge in [-0.2, -0.15) is 0 Å². The summed E-state index contributed by atoms with van der Waals surface area (Å²) < 4.78 is 0. The Kier molecular flexibility index (Phi) is 5.20. The van der Waals surface area contributed by atoms with Crippen molar-refractivity contribution in [1.82, 2.24) is 9.97 Å². The van der Waals surface area contributed by atoms with Crippen molar-refractivity contribution >= 4 is 51.9 Å². The summed E-state index contributed by atoms with van der Waals surface area (Å²) in [7, 11) is 0. The van der Waals surface area contributed by atoms with Crippen molar-refractivity contribution in [3.63, 3.8) is 0 Å². The highest BCUT2D eigenvalue weighted by molar-refractivity contribution is 6.33. The largest absolute Gasteiger partial charge is 0.353 e. The fraction of sp³-hybridized carbons (Fsp3) is 0.0588. The maximum Gasteiger partial charge on any atom is 0.353 e. The Hall–Kier alpha value is -2.90. The van der Waals surface area contributed by atoms with Crippen LogP contribution in [0.1, 0.15) is 5.56 Å². The quantitative estimate of drug-likeness (QED) is 0.442. The van der Waals surface area contributed by atoms with Crippen LogP contribution in [0.15, 0.2) is 48.8 Å².